The number of furan rings is 1. The number of thiol groups is 1. The second-order valence-electron chi connectivity index (χ2n) is 6.44. The molecule has 1 aliphatic rings. The number of ether oxygens (including phenoxy) is 1. The first-order valence-electron chi connectivity index (χ1n) is 8.06. The van der Waals surface area contributed by atoms with Crippen molar-refractivity contribution in [3.63, 3.8) is 0 Å². The van der Waals surface area contributed by atoms with Crippen molar-refractivity contribution in [2.45, 2.75) is 32.4 Å². The van der Waals surface area contributed by atoms with Crippen LogP contribution in [0.4, 0.5) is 4.39 Å². The van der Waals surface area contributed by atoms with Crippen LogP contribution in [0.2, 0.25) is 0 Å². The summed E-state index contributed by atoms with van der Waals surface area (Å²) in [6, 6.07) is 5.22. The molecule has 3 rings (SSSR count). The smallest absolute Gasteiger partial charge is 0.255 e. The highest BCUT2D eigenvalue weighted by atomic mass is 32.1. The third-order valence-corrected chi connectivity index (χ3v) is 4.73. The van der Waals surface area contributed by atoms with Crippen LogP contribution in [0.15, 0.2) is 33.2 Å². The van der Waals surface area contributed by atoms with Crippen molar-refractivity contribution >= 4 is 29.5 Å². The molecule has 1 saturated carbocycles. The second kappa shape index (κ2) is 6.63. The van der Waals surface area contributed by atoms with Gasteiger partial charge >= 0.3 is 0 Å². The van der Waals surface area contributed by atoms with E-state index in [0.717, 1.165) is 0 Å². The summed E-state index contributed by atoms with van der Waals surface area (Å²) in [6.45, 7) is 3.72. The minimum Gasteiger partial charge on any atom is -0.488 e. The van der Waals surface area contributed by atoms with E-state index >= 15 is 0 Å². The Morgan fingerprint density at radius 3 is 2.84 bits per heavy atom. The highest BCUT2D eigenvalue weighted by molar-refractivity contribution is 7.84. The highest BCUT2D eigenvalue weighted by Gasteiger charge is 2.43. The zero-order valence-electron chi connectivity index (χ0n) is 14.2. The molecule has 3 N–H and O–H groups in total. The Morgan fingerprint density at radius 1 is 1.48 bits per heavy atom. The van der Waals surface area contributed by atoms with Crippen LogP contribution >= 0.6 is 12.6 Å². The lowest BCUT2D eigenvalue weighted by Gasteiger charge is -2.09. The number of hydrogen-bond acceptors (Lipinski definition) is 5. The molecule has 0 unspecified atom stereocenters. The molecular formula is C18H21FN2O3S. The Bertz CT molecular complexity index is 851. The van der Waals surface area contributed by atoms with Gasteiger partial charge in [-0.25, -0.2) is 4.39 Å². The molecule has 1 heterocycles. The first-order chi connectivity index (χ1) is 11.8. The lowest BCUT2D eigenvalue weighted by atomic mass is 10.1. The number of carbonyl (C=O) groups excluding carboxylic acids is 1. The van der Waals surface area contributed by atoms with E-state index in [2.05, 4.69) is 17.9 Å². The lowest BCUT2D eigenvalue weighted by Crippen LogP contribution is -2.31. The van der Waals surface area contributed by atoms with Gasteiger partial charge in [-0.05, 0) is 44.9 Å². The van der Waals surface area contributed by atoms with Crippen molar-refractivity contribution in [1.82, 2.24) is 5.32 Å². The topological polar surface area (TPSA) is 77.5 Å². The summed E-state index contributed by atoms with van der Waals surface area (Å²) in [5.41, 5.74) is 5.98. The van der Waals surface area contributed by atoms with Gasteiger partial charge in [0.05, 0.1) is 12.1 Å². The van der Waals surface area contributed by atoms with Crippen LogP contribution in [-0.2, 0) is 0 Å². The van der Waals surface area contributed by atoms with Gasteiger partial charge in [-0.15, -0.1) is 12.6 Å². The minimum absolute atomic E-state index is 0.0255. The summed E-state index contributed by atoms with van der Waals surface area (Å²) in [5.74, 6) is 0.713. The summed E-state index contributed by atoms with van der Waals surface area (Å²) in [7, 11) is 0. The van der Waals surface area contributed by atoms with Gasteiger partial charge in [-0.2, -0.15) is 0 Å². The molecule has 7 heteroatoms. The molecule has 1 fully saturated rings. The third-order valence-electron chi connectivity index (χ3n) is 4.25. The summed E-state index contributed by atoms with van der Waals surface area (Å²) in [4.78, 5) is 13.1. The summed E-state index contributed by atoms with van der Waals surface area (Å²) < 4.78 is 25.0. The molecule has 0 atom stereocenters. The molecule has 0 radical (unpaired) electrons. The molecule has 25 heavy (non-hydrogen) atoms. The summed E-state index contributed by atoms with van der Waals surface area (Å²) in [5, 5.41) is 3.28. The molecule has 1 aliphatic carbocycles. The highest BCUT2D eigenvalue weighted by Crippen LogP contribution is 2.39. The molecule has 1 amide bonds. The van der Waals surface area contributed by atoms with Gasteiger partial charge in [0.25, 0.3) is 5.91 Å². The zero-order chi connectivity index (χ0) is 18.2. The molecule has 134 valence electrons. The molecular weight excluding hydrogens is 343 g/mol. The van der Waals surface area contributed by atoms with Gasteiger partial charge in [-0.3, -0.25) is 4.79 Å². The first-order valence-corrected chi connectivity index (χ1v) is 8.51. The van der Waals surface area contributed by atoms with Crippen LogP contribution in [0.5, 0.6) is 5.75 Å². The maximum Gasteiger partial charge on any atom is 0.255 e. The van der Waals surface area contributed by atoms with Gasteiger partial charge in [0, 0.05) is 16.0 Å². The van der Waals surface area contributed by atoms with E-state index in [0.29, 0.717) is 51.5 Å². The molecule has 0 saturated heterocycles. The van der Waals surface area contributed by atoms with Crippen LogP contribution < -0.4 is 15.8 Å². The summed E-state index contributed by atoms with van der Waals surface area (Å²) in [6.07, 6.45) is 0.993. The summed E-state index contributed by atoms with van der Waals surface area (Å²) >= 11 is 4.26. The van der Waals surface area contributed by atoms with Gasteiger partial charge in [0.15, 0.2) is 0 Å². The van der Waals surface area contributed by atoms with Crippen LogP contribution in [0.25, 0.3) is 11.0 Å². The van der Waals surface area contributed by atoms with Gasteiger partial charge < -0.3 is 20.2 Å². The molecule has 0 spiro atoms. The van der Waals surface area contributed by atoms with E-state index in [1.807, 2.05) is 0 Å². The molecule has 0 aliphatic heterocycles. The van der Waals surface area contributed by atoms with Crippen molar-refractivity contribution < 1.29 is 18.3 Å². The molecule has 2 aromatic rings. The third kappa shape index (κ3) is 3.92. The Labute approximate surface area is 150 Å². The fourth-order valence-corrected chi connectivity index (χ4v) is 2.54. The maximum absolute atomic E-state index is 13.7. The molecule has 1 aromatic carbocycles. The number of alkyl halides is 1. The lowest BCUT2D eigenvalue weighted by molar-refractivity contribution is 0.0937. The van der Waals surface area contributed by atoms with E-state index in [1.54, 1.807) is 32.0 Å². The van der Waals surface area contributed by atoms with Crippen LogP contribution in [-0.4, -0.2) is 24.7 Å². The Kier molecular flexibility index (Phi) is 4.69. The number of aryl methyl sites for hydroxylation is 1. The fraction of sp³-hybridized carbons (Fsp3) is 0.389. The SMILES string of the molecule is C/C(N)=C(/S)COc1ccc2oc(C)c(C(=O)NCC3(F)CC3)c2c1. The number of allylic oxidation sites excluding steroid dienone is 1. The molecule has 0 bridgehead atoms. The van der Waals surface area contributed by atoms with E-state index in [4.69, 9.17) is 14.9 Å². The number of rotatable bonds is 6. The van der Waals surface area contributed by atoms with Crippen LogP contribution in [0.1, 0.15) is 35.9 Å². The van der Waals surface area contributed by atoms with Gasteiger partial charge in [0.1, 0.15) is 29.4 Å². The normalized spacial score (nSPS) is 16.5. The van der Waals surface area contributed by atoms with E-state index in [-0.39, 0.29) is 19.1 Å². The monoisotopic (exact) mass is 364 g/mol. The average molecular weight is 364 g/mol. The van der Waals surface area contributed by atoms with Gasteiger partial charge in [-0.1, -0.05) is 0 Å². The number of hydrogen-bond donors (Lipinski definition) is 3. The minimum atomic E-state index is -1.24. The van der Waals surface area contributed by atoms with Gasteiger partial charge in [0.2, 0.25) is 0 Å². The van der Waals surface area contributed by atoms with Crippen molar-refractivity contribution in [3.05, 3.63) is 40.1 Å². The van der Waals surface area contributed by atoms with Crippen molar-refractivity contribution in [2.75, 3.05) is 13.2 Å². The number of nitrogens with two attached hydrogens (primary N) is 1. The first kappa shape index (κ1) is 17.7. The average Bonchev–Trinajstić information content (AvgIpc) is 3.21. The standard InChI is InChI=1S/C18H21FN2O3S/c1-10(20)15(25)8-23-12-3-4-14-13(7-12)16(11(2)24-14)17(22)21-9-18(19)5-6-18/h3-4,7,25H,5-6,8-9,20H2,1-2H3,(H,21,22)/b15-10-. The number of nitrogens with one attached hydrogen (secondary N) is 1. The Balaban J connectivity index is 1.82. The number of benzene rings is 1. The predicted octanol–water partition coefficient (Wildman–Crippen LogP) is 3.47. The van der Waals surface area contributed by atoms with Crippen LogP contribution in [0, 0.1) is 6.92 Å². The largest absolute Gasteiger partial charge is 0.488 e. The van der Waals surface area contributed by atoms with Crippen molar-refractivity contribution in [2.24, 2.45) is 5.73 Å². The Morgan fingerprint density at radius 2 is 2.20 bits per heavy atom. The van der Waals surface area contributed by atoms with Crippen molar-refractivity contribution in [3.8, 4) is 5.75 Å². The number of carbonyl (C=O) groups is 1. The number of halogens is 1. The van der Waals surface area contributed by atoms with Crippen LogP contribution in [0.3, 0.4) is 0 Å². The van der Waals surface area contributed by atoms with Crippen molar-refractivity contribution in [1.29, 1.82) is 0 Å². The van der Waals surface area contributed by atoms with E-state index < -0.39 is 5.67 Å². The zero-order valence-corrected chi connectivity index (χ0v) is 15.1. The fourth-order valence-electron chi connectivity index (χ4n) is 2.48. The predicted molar refractivity (Wildman–Crippen MR) is 97.7 cm³/mol. The maximum atomic E-state index is 13.7. The Hall–Kier alpha value is -2.15. The molecule has 5 nitrogen and oxygen atoms in total. The van der Waals surface area contributed by atoms with E-state index in [9.17, 15) is 9.18 Å². The number of fused-ring (bicyclic) bond motifs is 1. The second-order valence-corrected chi connectivity index (χ2v) is 6.98. The quantitative estimate of drug-likeness (QED) is 0.686. The van der Waals surface area contributed by atoms with E-state index in [1.165, 1.54) is 0 Å². The number of amides is 1. The molecule has 1 aromatic heterocycles.